The van der Waals surface area contributed by atoms with Gasteiger partial charge in [0.25, 0.3) is 0 Å². The number of halogens is 1. The van der Waals surface area contributed by atoms with Gasteiger partial charge in [-0.2, -0.15) is 0 Å². The van der Waals surface area contributed by atoms with Crippen LogP contribution < -0.4 is 5.32 Å². The molecule has 2 aliphatic rings. The number of piperidine rings is 1. The number of hydrogen-bond donors (Lipinski definition) is 1. The fourth-order valence-electron chi connectivity index (χ4n) is 4.35. The lowest BCUT2D eigenvalue weighted by Gasteiger charge is -2.29. The summed E-state index contributed by atoms with van der Waals surface area (Å²) >= 11 is 0. The third-order valence-corrected chi connectivity index (χ3v) is 5.94. The molecule has 2 aliphatic heterocycles. The summed E-state index contributed by atoms with van der Waals surface area (Å²) in [4.78, 5) is 9.68. The van der Waals surface area contributed by atoms with Crippen molar-refractivity contribution in [3.8, 4) is 0 Å². The first-order valence-corrected chi connectivity index (χ1v) is 10.4. The van der Waals surface area contributed by atoms with Gasteiger partial charge < -0.3 is 15.1 Å². The van der Waals surface area contributed by atoms with Crippen LogP contribution in [0.2, 0.25) is 0 Å². The maximum atomic E-state index is 4.55. The molecule has 2 saturated heterocycles. The highest BCUT2D eigenvalue weighted by atomic mass is 127. The predicted molar refractivity (Wildman–Crippen MR) is 126 cm³/mol. The van der Waals surface area contributed by atoms with Crippen molar-refractivity contribution in [2.45, 2.75) is 45.4 Å². The number of likely N-dealkylation sites (tertiary alicyclic amines) is 2. The second-order valence-electron chi connectivity index (χ2n) is 8.21. The summed E-state index contributed by atoms with van der Waals surface area (Å²) in [5, 5.41) is 3.62. The molecule has 2 fully saturated rings. The van der Waals surface area contributed by atoms with Gasteiger partial charge >= 0.3 is 0 Å². The molecule has 2 atom stereocenters. The minimum atomic E-state index is 0. The molecule has 1 aromatic rings. The molecule has 5 heteroatoms. The summed E-state index contributed by atoms with van der Waals surface area (Å²) in [5.74, 6) is 2.35. The first-order valence-electron chi connectivity index (χ1n) is 10.4. The molecule has 0 saturated carbocycles. The van der Waals surface area contributed by atoms with E-state index in [2.05, 4.69) is 58.2 Å². The quantitative estimate of drug-likeness (QED) is 0.388. The summed E-state index contributed by atoms with van der Waals surface area (Å²) < 4.78 is 0. The fraction of sp³-hybridized carbons (Fsp3) is 0.682. The highest BCUT2D eigenvalue weighted by molar-refractivity contribution is 14.0. The highest BCUT2D eigenvalue weighted by Gasteiger charge is 2.27. The van der Waals surface area contributed by atoms with Crippen LogP contribution in [0.4, 0.5) is 0 Å². The van der Waals surface area contributed by atoms with Gasteiger partial charge in [-0.3, -0.25) is 4.99 Å². The third-order valence-electron chi connectivity index (χ3n) is 5.94. The van der Waals surface area contributed by atoms with Crippen molar-refractivity contribution in [1.29, 1.82) is 0 Å². The Bertz CT molecular complexity index is 598. The van der Waals surface area contributed by atoms with Crippen LogP contribution in [0.3, 0.4) is 0 Å². The second-order valence-corrected chi connectivity index (χ2v) is 8.21. The van der Waals surface area contributed by atoms with Crippen molar-refractivity contribution in [1.82, 2.24) is 15.1 Å². The maximum Gasteiger partial charge on any atom is 0.193 e. The van der Waals surface area contributed by atoms with E-state index in [0.29, 0.717) is 5.92 Å². The molecule has 1 N–H and O–H groups in total. The number of aliphatic imine (C=N–C) groups is 1. The lowest BCUT2D eigenvalue weighted by Crippen LogP contribution is -2.42. The molecule has 3 rings (SSSR count). The van der Waals surface area contributed by atoms with Crippen molar-refractivity contribution in [3.63, 3.8) is 0 Å². The number of hydrogen-bond acceptors (Lipinski definition) is 2. The molecule has 0 radical (unpaired) electrons. The lowest BCUT2D eigenvalue weighted by molar-refractivity contribution is 0.198. The Kier molecular flexibility index (Phi) is 9.36. The lowest BCUT2D eigenvalue weighted by atomic mass is 9.99. The number of guanidine groups is 1. The Hall–Kier alpha value is -0.820. The summed E-state index contributed by atoms with van der Waals surface area (Å²) in [6.07, 6.45) is 5.49. The molecular weight excluding hydrogens is 447 g/mol. The minimum Gasteiger partial charge on any atom is -0.356 e. The smallest absolute Gasteiger partial charge is 0.193 e. The van der Waals surface area contributed by atoms with Gasteiger partial charge in [0.2, 0.25) is 0 Å². The van der Waals surface area contributed by atoms with E-state index in [1.54, 1.807) is 0 Å². The van der Waals surface area contributed by atoms with Crippen LogP contribution in [0.15, 0.2) is 29.3 Å². The second kappa shape index (κ2) is 11.2. The Morgan fingerprint density at radius 3 is 2.70 bits per heavy atom. The fourth-order valence-corrected chi connectivity index (χ4v) is 4.35. The van der Waals surface area contributed by atoms with Crippen LogP contribution >= 0.6 is 24.0 Å². The van der Waals surface area contributed by atoms with Gasteiger partial charge in [-0.25, -0.2) is 0 Å². The van der Waals surface area contributed by atoms with Crippen LogP contribution in [-0.2, 0) is 0 Å². The van der Waals surface area contributed by atoms with E-state index in [4.69, 9.17) is 0 Å². The van der Waals surface area contributed by atoms with Gasteiger partial charge in [-0.15, -0.1) is 24.0 Å². The largest absolute Gasteiger partial charge is 0.356 e. The van der Waals surface area contributed by atoms with Crippen molar-refractivity contribution in [3.05, 3.63) is 35.4 Å². The zero-order chi connectivity index (χ0) is 18.4. The van der Waals surface area contributed by atoms with Gasteiger partial charge in [0, 0.05) is 33.2 Å². The molecule has 27 heavy (non-hydrogen) atoms. The number of nitrogens with zero attached hydrogens (tertiary/aromatic N) is 3. The summed E-state index contributed by atoms with van der Waals surface area (Å²) in [6, 6.07) is 8.84. The monoisotopic (exact) mass is 484 g/mol. The van der Waals surface area contributed by atoms with E-state index in [0.717, 1.165) is 31.5 Å². The predicted octanol–water partition coefficient (Wildman–Crippen LogP) is 4.10. The first kappa shape index (κ1) is 22.5. The molecule has 0 aromatic heterocycles. The first-order chi connectivity index (χ1) is 12.7. The zero-order valence-electron chi connectivity index (χ0n) is 17.3. The van der Waals surface area contributed by atoms with Gasteiger partial charge in [0.1, 0.15) is 0 Å². The molecule has 0 amide bonds. The zero-order valence-corrected chi connectivity index (χ0v) is 19.6. The molecule has 0 spiro atoms. The highest BCUT2D eigenvalue weighted by Crippen LogP contribution is 2.20. The number of rotatable bonds is 5. The molecule has 2 heterocycles. The average molecular weight is 484 g/mol. The van der Waals surface area contributed by atoms with Crippen molar-refractivity contribution < 1.29 is 0 Å². The maximum absolute atomic E-state index is 4.55. The Morgan fingerprint density at radius 1 is 1.22 bits per heavy atom. The van der Waals surface area contributed by atoms with E-state index in [-0.39, 0.29) is 24.0 Å². The van der Waals surface area contributed by atoms with Crippen LogP contribution in [0.1, 0.15) is 49.7 Å². The Balaban J connectivity index is 0.00000261. The standard InChI is InChI=1S/C22H36N4.HI/c1-18-8-7-9-21(14-18)19(2)15-24-22(23-3)26-13-10-20(17-26)16-25-11-5-4-6-12-25;/h7-9,14,19-20H,4-6,10-13,15-17H2,1-3H3,(H,23,24);1H. The van der Waals surface area contributed by atoms with Crippen molar-refractivity contribution in [2.24, 2.45) is 10.9 Å². The van der Waals surface area contributed by atoms with Crippen LogP contribution in [-0.4, -0.2) is 62.1 Å². The molecule has 2 unspecified atom stereocenters. The summed E-state index contributed by atoms with van der Waals surface area (Å²) in [7, 11) is 1.91. The molecule has 0 aliphatic carbocycles. The number of nitrogens with one attached hydrogen (secondary N) is 1. The molecule has 0 bridgehead atoms. The van der Waals surface area contributed by atoms with Crippen LogP contribution in [0.25, 0.3) is 0 Å². The SMILES string of the molecule is CN=C(NCC(C)c1cccc(C)c1)N1CCC(CN2CCCCC2)C1.I. The van der Waals surface area contributed by atoms with Gasteiger partial charge in [-0.05, 0) is 56.7 Å². The van der Waals surface area contributed by atoms with Crippen LogP contribution in [0.5, 0.6) is 0 Å². The Labute approximate surface area is 182 Å². The molecule has 4 nitrogen and oxygen atoms in total. The van der Waals surface area contributed by atoms with Gasteiger partial charge in [0.05, 0.1) is 0 Å². The topological polar surface area (TPSA) is 30.9 Å². The number of aryl methyl sites for hydroxylation is 1. The van der Waals surface area contributed by atoms with Gasteiger partial charge in [-0.1, -0.05) is 43.2 Å². The Morgan fingerprint density at radius 2 is 2.00 bits per heavy atom. The molecule has 152 valence electrons. The summed E-state index contributed by atoms with van der Waals surface area (Å²) in [6.45, 7) is 11.5. The normalized spacial score (nSPS) is 22.4. The average Bonchev–Trinajstić information content (AvgIpc) is 3.11. The van der Waals surface area contributed by atoms with Gasteiger partial charge in [0.15, 0.2) is 5.96 Å². The van der Waals surface area contributed by atoms with E-state index in [1.807, 2.05) is 7.05 Å². The molecular formula is C22H37IN4. The van der Waals surface area contributed by atoms with E-state index in [9.17, 15) is 0 Å². The number of benzene rings is 1. The minimum absolute atomic E-state index is 0. The summed E-state index contributed by atoms with van der Waals surface area (Å²) in [5.41, 5.74) is 2.73. The third kappa shape index (κ3) is 6.63. The van der Waals surface area contributed by atoms with Crippen molar-refractivity contribution >= 4 is 29.9 Å². The van der Waals surface area contributed by atoms with Crippen molar-refractivity contribution in [2.75, 3.05) is 46.3 Å². The van der Waals surface area contributed by atoms with Crippen LogP contribution in [0, 0.1) is 12.8 Å². The van der Waals surface area contributed by atoms with E-state index in [1.165, 1.54) is 56.4 Å². The van der Waals surface area contributed by atoms with E-state index < -0.39 is 0 Å². The molecule has 1 aromatic carbocycles. The van der Waals surface area contributed by atoms with E-state index >= 15 is 0 Å².